The minimum Gasteiger partial charge on any atom is -0.370 e. The maximum atomic E-state index is 12.1. The Kier molecular flexibility index (Phi) is 7.33. The van der Waals surface area contributed by atoms with E-state index in [1.807, 2.05) is 14.1 Å². The molecule has 1 aromatic rings. The van der Waals surface area contributed by atoms with Gasteiger partial charge >= 0.3 is 0 Å². The monoisotopic (exact) mass is 298 g/mol. The van der Waals surface area contributed by atoms with Gasteiger partial charge in [-0.2, -0.15) is 0 Å². The van der Waals surface area contributed by atoms with Gasteiger partial charge in [-0.15, -0.1) is 0 Å². The normalized spacial score (nSPS) is 10.7. The Morgan fingerprint density at radius 1 is 1.40 bits per heavy atom. The molecule has 2 N–H and O–H groups in total. The molecule has 0 saturated heterocycles. The fourth-order valence-electron chi connectivity index (χ4n) is 1.65. The van der Waals surface area contributed by atoms with E-state index in [2.05, 4.69) is 27.4 Å². The number of pyridine rings is 1. The second-order valence-electron chi connectivity index (χ2n) is 4.89. The number of halogens is 1. The molecule has 6 heteroatoms. The topological polar surface area (TPSA) is 57.3 Å². The van der Waals surface area contributed by atoms with Gasteiger partial charge in [-0.05, 0) is 39.5 Å². The number of amides is 1. The number of aromatic nitrogens is 1. The summed E-state index contributed by atoms with van der Waals surface area (Å²) in [6.45, 7) is 4.46. The lowest BCUT2D eigenvalue weighted by Gasteiger charge is -2.11. The van der Waals surface area contributed by atoms with Crippen LogP contribution in [0.25, 0.3) is 0 Å². The van der Waals surface area contributed by atoms with E-state index in [1.165, 1.54) is 6.20 Å². The number of rotatable bonds is 8. The Hall–Kier alpha value is -1.33. The minimum atomic E-state index is -0.157. The van der Waals surface area contributed by atoms with E-state index < -0.39 is 0 Å². The van der Waals surface area contributed by atoms with Gasteiger partial charge in [0.1, 0.15) is 5.82 Å². The molecule has 0 saturated carbocycles. The highest BCUT2D eigenvalue weighted by molar-refractivity contribution is 6.33. The summed E-state index contributed by atoms with van der Waals surface area (Å²) in [5.74, 6) is 0.519. The molecule has 1 aromatic heterocycles. The lowest BCUT2D eigenvalue weighted by Crippen LogP contribution is -2.27. The minimum absolute atomic E-state index is 0.157. The van der Waals surface area contributed by atoms with E-state index in [0.29, 0.717) is 22.9 Å². The fraction of sp³-hybridized carbons (Fsp3) is 0.571. The molecule has 0 radical (unpaired) electrons. The lowest BCUT2D eigenvalue weighted by atomic mass is 10.2. The second kappa shape index (κ2) is 8.76. The molecule has 112 valence electrons. The van der Waals surface area contributed by atoms with E-state index in [-0.39, 0.29) is 5.91 Å². The van der Waals surface area contributed by atoms with Crippen molar-refractivity contribution in [2.45, 2.75) is 19.8 Å². The molecule has 0 aliphatic carbocycles. The van der Waals surface area contributed by atoms with E-state index in [0.717, 1.165) is 25.9 Å². The molecule has 1 heterocycles. The van der Waals surface area contributed by atoms with Crippen LogP contribution in [0.1, 0.15) is 30.1 Å². The smallest absolute Gasteiger partial charge is 0.252 e. The summed E-state index contributed by atoms with van der Waals surface area (Å²) < 4.78 is 0. The Balaban J connectivity index is 2.57. The van der Waals surface area contributed by atoms with Crippen molar-refractivity contribution in [1.82, 2.24) is 15.2 Å². The quantitative estimate of drug-likeness (QED) is 0.723. The molecule has 1 rings (SSSR count). The standard InChI is InChI=1S/C14H23ClN4O/c1-4-6-16-13-9-11(12(15)10-18-13)14(20)17-7-5-8-19(2)3/h9-10H,4-8H2,1-3H3,(H,16,18)(H,17,20). The maximum Gasteiger partial charge on any atom is 0.252 e. The molecule has 0 aliphatic rings. The summed E-state index contributed by atoms with van der Waals surface area (Å²) in [5.41, 5.74) is 0.463. The van der Waals surface area contributed by atoms with Gasteiger partial charge < -0.3 is 15.5 Å². The molecule has 0 atom stereocenters. The van der Waals surface area contributed by atoms with Crippen molar-refractivity contribution >= 4 is 23.3 Å². The molecule has 5 nitrogen and oxygen atoms in total. The predicted molar refractivity (Wildman–Crippen MR) is 83.5 cm³/mol. The largest absolute Gasteiger partial charge is 0.370 e. The first-order valence-corrected chi connectivity index (χ1v) is 7.24. The zero-order chi connectivity index (χ0) is 15.0. The highest BCUT2D eigenvalue weighted by Crippen LogP contribution is 2.17. The zero-order valence-corrected chi connectivity index (χ0v) is 13.1. The molecule has 0 aromatic carbocycles. The number of nitrogens with zero attached hydrogens (tertiary/aromatic N) is 2. The first kappa shape index (κ1) is 16.7. The van der Waals surface area contributed by atoms with E-state index in [1.54, 1.807) is 6.07 Å². The summed E-state index contributed by atoms with van der Waals surface area (Å²) >= 11 is 6.03. The lowest BCUT2D eigenvalue weighted by molar-refractivity contribution is 0.0952. The number of hydrogen-bond acceptors (Lipinski definition) is 4. The van der Waals surface area contributed by atoms with Crippen molar-refractivity contribution in [1.29, 1.82) is 0 Å². The van der Waals surface area contributed by atoms with Crippen LogP contribution >= 0.6 is 11.6 Å². The van der Waals surface area contributed by atoms with Gasteiger partial charge in [0.2, 0.25) is 0 Å². The van der Waals surface area contributed by atoms with Crippen molar-refractivity contribution in [2.24, 2.45) is 0 Å². The van der Waals surface area contributed by atoms with Crippen LogP contribution in [0, 0.1) is 0 Å². The molecule has 0 spiro atoms. The van der Waals surface area contributed by atoms with Crippen LogP contribution in [-0.2, 0) is 0 Å². The highest BCUT2D eigenvalue weighted by atomic mass is 35.5. The molecule has 0 aliphatic heterocycles. The summed E-state index contributed by atoms with van der Waals surface area (Å²) in [7, 11) is 4.01. The van der Waals surface area contributed by atoms with Crippen molar-refractivity contribution in [3.05, 3.63) is 22.8 Å². The Morgan fingerprint density at radius 3 is 2.80 bits per heavy atom. The van der Waals surface area contributed by atoms with Crippen molar-refractivity contribution in [2.75, 3.05) is 39.0 Å². The number of hydrogen-bond donors (Lipinski definition) is 2. The van der Waals surface area contributed by atoms with Crippen LogP contribution in [0.2, 0.25) is 5.02 Å². The Morgan fingerprint density at radius 2 is 2.15 bits per heavy atom. The Bertz CT molecular complexity index is 437. The molecule has 20 heavy (non-hydrogen) atoms. The van der Waals surface area contributed by atoms with Gasteiger partial charge in [0.05, 0.1) is 10.6 Å². The van der Waals surface area contributed by atoms with Crippen LogP contribution in [0.3, 0.4) is 0 Å². The summed E-state index contributed by atoms with van der Waals surface area (Å²) in [6, 6.07) is 1.69. The van der Waals surface area contributed by atoms with Crippen molar-refractivity contribution in [3.8, 4) is 0 Å². The zero-order valence-electron chi connectivity index (χ0n) is 12.4. The van der Waals surface area contributed by atoms with Gasteiger partial charge in [-0.1, -0.05) is 18.5 Å². The van der Waals surface area contributed by atoms with Gasteiger partial charge in [-0.3, -0.25) is 4.79 Å². The average Bonchev–Trinajstić information content (AvgIpc) is 2.42. The van der Waals surface area contributed by atoms with Crippen LogP contribution in [0.15, 0.2) is 12.3 Å². The van der Waals surface area contributed by atoms with Crippen LogP contribution in [0.5, 0.6) is 0 Å². The Labute approximate surface area is 125 Å². The van der Waals surface area contributed by atoms with E-state index in [9.17, 15) is 4.79 Å². The van der Waals surface area contributed by atoms with Crippen LogP contribution in [0.4, 0.5) is 5.82 Å². The third kappa shape index (κ3) is 5.75. The number of carbonyl (C=O) groups is 1. The van der Waals surface area contributed by atoms with Crippen LogP contribution in [-0.4, -0.2) is 49.5 Å². The predicted octanol–water partition coefficient (Wildman–Crippen LogP) is 2.24. The average molecular weight is 299 g/mol. The third-order valence-corrected chi connectivity index (χ3v) is 3.02. The molecule has 0 bridgehead atoms. The second-order valence-corrected chi connectivity index (χ2v) is 5.30. The van der Waals surface area contributed by atoms with Gasteiger partial charge in [0, 0.05) is 19.3 Å². The van der Waals surface area contributed by atoms with Crippen LogP contribution < -0.4 is 10.6 Å². The molecule has 0 unspecified atom stereocenters. The van der Waals surface area contributed by atoms with Gasteiger partial charge in [0.25, 0.3) is 5.91 Å². The maximum absolute atomic E-state index is 12.1. The molecule has 0 fully saturated rings. The molecular weight excluding hydrogens is 276 g/mol. The van der Waals surface area contributed by atoms with Gasteiger partial charge in [-0.25, -0.2) is 4.98 Å². The van der Waals surface area contributed by atoms with E-state index >= 15 is 0 Å². The molecule has 1 amide bonds. The fourth-order valence-corrected chi connectivity index (χ4v) is 1.84. The molecular formula is C14H23ClN4O. The SMILES string of the molecule is CCCNc1cc(C(=O)NCCCN(C)C)c(Cl)cn1. The number of nitrogens with one attached hydrogen (secondary N) is 2. The first-order chi connectivity index (χ1) is 9.54. The number of anilines is 1. The highest BCUT2D eigenvalue weighted by Gasteiger charge is 2.11. The summed E-state index contributed by atoms with van der Waals surface area (Å²) in [6.07, 6.45) is 3.41. The summed E-state index contributed by atoms with van der Waals surface area (Å²) in [5, 5.41) is 6.39. The third-order valence-electron chi connectivity index (χ3n) is 2.72. The van der Waals surface area contributed by atoms with Crippen molar-refractivity contribution in [3.63, 3.8) is 0 Å². The first-order valence-electron chi connectivity index (χ1n) is 6.87. The van der Waals surface area contributed by atoms with E-state index in [4.69, 9.17) is 11.6 Å². The summed E-state index contributed by atoms with van der Waals surface area (Å²) in [4.78, 5) is 18.3. The van der Waals surface area contributed by atoms with Crippen molar-refractivity contribution < 1.29 is 4.79 Å². The number of carbonyl (C=O) groups excluding carboxylic acids is 1. The van der Waals surface area contributed by atoms with Gasteiger partial charge in [0.15, 0.2) is 0 Å².